The maximum Gasteiger partial charge on any atom is 0.282 e. The highest BCUT2D eigenvalue weighted by atomic mass is 35.5. The summed E-state index contributed by atoms with van der Waals surface area (Å²) in [5.41, 5.74) is 2.13. The first-order chi connectivity index (χ1) is 15.3. The number of piperazine rings is 1. The lowest BCUT2D eigenvalue weighted by Gasteiger charge is -2.34. The lowest BCUT2D eigenvalue weighted by atomic mass is 10.0. The van der Waals surface area contributed by atoms with Crippen molar-refractivity contribution in [3.63, 3.8) is 0 Å². The monoisotopic (exact) mass is 453 g/mol. The first-order valence-corrected chi connectivity index (χ1v) is 11.3. The zero-order valence-corrected chi connectivity index (χ0v) is 19.4. The van der Waals surface area contributed by atoms with Crippen LogP contribution in [0, 0.1) is 5.92 Å². The molecule has 168 valence electrons. The van der Waals surface area contributed by atoms with Crippen molar-refractivity contribution in [1.29, 1.82) is 0 Å². The molecule has 7 heteroatoms. The maximum atomic E-state index is 13.6. The van der Waals surface area contributed by atoms with Gasteiger partial charge < -0.3 is 14.5 Å². The highest BCUT2D eigenvalue weighted by molar-refractivity contribution is 6.45. The number of nitrogens with zero attached hydrogens (tertiary/aromatic N) is 3. The van der Waals surface area contributed by atoms with Crippen molar-refractivity contribution in [3.05, 3.63) is 64.8 Å². The van der Waals surface area contributed by atoms with E-state index < -0.39 is 0 Å². The van der Waals surface area contributed by atoms with Crippen LogP contribution in [-0.4, -0.2) is 61.4 Å². The normalized spacial score (nSPS) is 17.7. The van der Waals surface area contributed by atoms with Crippen LogP contribution < -0.4 is 9.64 Å². The Balaban J connectivity index is 1.71. The van der Waals surface area contributed by atoms with Gasteiger partial charge in [-0.05, 0) is 54.9 Å². The van der Waals surface area contributed by atoms with Crippen LogP contribution in [0.2, 0.25) is 5.02 Å². The fraction of sp³-hybridized carbons (Fsp3) is 0.360. The topological polar surface area (TPSA) is 53.1 Å². The highest BCUT2D eigenvalue weighted by Gasteiger charge is 2.42. The average molecular weight is 454 g/mol. The summed E-state index contributed by atoms with van der Waals surface area (Å²) in [7, 11) is 2.06. The summed E-state index contributed by atoms with van der Waals surface area (Å²) in [6, 6.07) is 14.2. The minimum absolute atomic E-state index is 0.294. The van der Waals surface area contributed by atoms with E-state index in [0.717, 1.165) is 18.8 Å². The second-order valence-electron chi connectivity index (χ2n) is 8.67. The second-order valence-corrected chi connectivity index (χ2v) is 9.10. The quantitative estimate of drug-likeness (QED) is 0.621. The lowest BCUT2D eigenvalue weighted by molar-refractivity contribution is -0.120. The van der Waals surface area contributed by atoms with E-state index in [1.165, 1.54) is 4.90 Å². The van der Waals surface area contributed by atoms with Gasteiger partial charge in [0.15, 0.2) is 0 Å². The Kier molecular flexibility index (Phi) is 6.53. The van der Waals surface area contributed by atoms with Gasteiger partial charge in [-0.2, -0.15) is 0 Å². The highest BCUT2D eigenvalue weighted by Crippen LogP contribution is 2.36. The standard InChI is InChI=1S/C25H28ClN3O3/c1-17(2)16-32-21-10-4-18(5-11-21)22-23(28-14-12-27(3)13-15-28)25(31)29(24(22)30)20-8-6-19(26)7-9-20/h4-11,17H,12-16H2,1-3H3. The molecule has 2 aromatic rings. The van der Waals surface area contributed by atoms with Crippen molar-refractivity contribution >= 4 is 34.7 Å². The first kappa shape index (κ1) is 22.4. The van der Waals surface area contributed by atoms with Gasteiger partial charge in [-0.15, -0.1) is 0 Å². The fourth-order valence-electron chi connectivity index (χ4n) is 3.91. The predicted octanol–water partition coefficient (Wildman–Crippen LogP) is 3.91. The molecular weight excluding hydrogens is 426 g/mol. The number of likely N-dealkylation sites (N-methyl/N-ethyl adjacent to an activating group) is 1. The zero-order valence-electron chi connectivity index (χ0n) is 18.7. The summed E-state index contributed by atoms with van der Waals surface area (Å²) in [6.45, 7) is 7.86. The minimum Gasteiger partial charge on any atom is -0.493 e. The largest absolute Gasteiger partial charge is 0.493 e. The number of imide groups is 1. The van der Waals surface area contributed by atoms with Crippen molar-refractivity contribution in [2.45, 2.75) is 13.8 Å². The Hall–Kier alpha value is -2.83. The van der Waals surface area contributed by atoms with E-state index in [1.54, 1.807) is 24.3 Å². The van der Waals surface area contributed by atoms with E-state index in [0.29, 0.717) is 53.2 Å². The number of hydrogen-bond donors (Lipinski definition) is 0. The van der Waals surface area contributed by atoms with Crippen LogP contribution in [0.3, 0.4) is 0 Å². The summed E-state index contributed by atoms with van der Waals surface area (Å²) >= 11 is 6.02. The predicted molar refractivity (Wildman–Crippen MR) is 127 cm³/mol. The Morgan fingerprint density at radius 3 is 2.12 bits per heavy atom. The van der Waals surface area contributed by atoms with Crippen molar-refractivity contribution in [1.82, 2.24) is 9.80 Å². The number of benzene rings is 2. The molecule has 0 spiro atoms. The van der Waals surface area contributed by atoms with Crippen molar-refractivity contribution < 1.29 is 14.3 Å². The van der Waals surface area contributed by atoms with E-state index in [1.807, 2.05) is 29.2 Å². The molecule has 0 aliphatic carbocycles. The van der Waals surface area contributed by atoms with Gasteiger partial charge in [-0.25, -0.2) is 4.90 Å². The Labute approximate surface area is 194 Å². The van der Waals surface area contributed by atoms with Gasteiger partial charge in [0.05, 0.1) is 17.9 Å². The molecule has 2 aliphatic heterocycles. The van der Waals surface area contributed by atoms with E-state index in [-0.39, 0.29) is 11.8 Å². The van der Waals surface area contributed by atoms with E-state index in [4.69, 9.17) is 16.3 Å². The maximum absolute atomic E-state index is 13.6. The van der Waals surface area contributed by atoms with Crippen LogP contribution in [0.1, 0.15) is 19.4 Å². The molecule has 1 saturated heterocycles. The number of ether oxygens (including phenoxy) is 1. The number of rotatable bonds is 6. The fourth-order valence-corrected chi connectivity index (χ4v) is 4.03. The second kappa shape index (κ2) is 9.35. The number of halogens is 1. The van der Waals surface area contributed by atoms with Crippen molar-refractivity contribution in [3.8, 4) is 5.75 Å². The molecule has 0 atom stereocenters. The van der Waals surface area contributed by atoms with Gasteiger partial charge >= 0.3 is 0 Å². The van der Waals surface area contributed by atoms with Crippen LogP contribution in [0.25, 0.3) is 5.57 Å². The molecule has 0 saturated carbocycles. The molecule has 2 aliphatic rings. The van der Waals surface area contributed by atoms with E-state index in [2.05, 4.69) is 25.8 Å². The zero-order chi connectivity index (χ0) is 22.8. The summed E-state index contributed by atoms with van der Waals surface area (Å²) in [4.78, 5) is 32.6. The summed E-state index contributed by atoms with van der Waals surface area (Å²) in [5.74, 6) is 0.554. The first-order valence-electron chi connectivity index (χ1n) is 10.9. The summed E-state index contributed by atoms with van der Waals surface area (Å²) in [6.07, 6.45) is 0. The lowest BCUT2D eigenvalue weighted by Crippen LogP contribution is -2.46. The van der Waals surface area contributed by atoms with E-state index in [9.17, 15) is 9.59 Å². The number of anilines is 1. The summed E-state index contributed by atoms with van der Waals surface area (Å²) < 4.78 is 5.78. The smallest absolute Gasteiger partial charge is 0.282 e. The Morgan fingerprint density at radius 2 is 1.53 bits per heavy atom. The molecule has 32 heavy (non-hydrogen) atoms. The third-order valence-corrected chi connectivity index (χ3v) is 5.94. The number of carbonyl (C=O) groups is 2. The van der Waals surface area contributed by atoms with Crippen LogP contribution in [-0.2, 0) is 9.59 Å². The third kappa shape index (κ3) is 4.52. The molecule has 0 unspecified atom stereocenters. The summed E-state index contributed by atoms with van der Waals surface area (Å²) in [5, 5.41) is 0.553. The molecule has 6 nitrogen and oxygen atoms in total. The van der Waals surface area contributed by atoms with Crippen LogP contribution in [0.15, 0.2) is 54.2 Å². The van der Waals surface area contributed by atoms with Crippen LogP contribution >= 0.6 is 11.6 Å². The molecule has 2 heterocycles. The van der Waals surface area contributed by atoms with Gasteiger partial charge in [0.25, 0.3) is 11.8 Å². The SMILES string of the molecule is CC(C)COc1ccc(C2=C(N3CCN(C)CC3)C(=O)N(c3ccc(Cl)cc3)C2=O)cc1. The number of amides is 2. The van der Waals surface area contributed by atoms with Crippen molar-refractivity contribution in [2.24, 2.45) is 5.92 Å². The van der Waals surface area contributed by atoms with Crippen molar-refractivity contribution in [2.75, 3.05) is 44.7 Å². The molecule has 0 aromatic heterocycles. The van der Waals surface area contributed by atoms with Crippen LogP contribution in [0.4, 0.5) is 5.69 Å². The molecule has 4 rings (SSSR count). The number of carbonyl (C=O) groups excluding carboxylic acids is 2. The molecular formula is C25H28ClN3O3. The van der Waals surface area contributed by atoms with Gasteiger partial charge in [0.1, 0.15) is 11.4 Å². The molecule has 0 N–H and O–H groups in total. The molecule has 1 fully saturated rings. The van der Waals surface area contributed by atoms with E-state index >= 15 is 0 Å². The molecule has 2 aromatic carbocycles. The molecule has 0 radical (unpaired) electrons. The Bertz CT molecular complexity index is 1020. The number of hydrogen-bond acceptors (Lipinski definition) is 5. The Morgan fingerprint density at radius 1 is 0.906 bits per heavy atom. The third-order valence-electron chi connectivity index (χ3n) is 5.69. The van der Waals surface area contributed by atoms with Gasteiger partial charge in [-0.1, -0.05) is 37.6 Å². The average Bonchev–Trinajstić information content (AvgIpc) is 3.04. The van der Waals surface area contributed by atoms with Crippen LogP contribution in [0.5, 0.6) is 5.75 Å². The minimum atomic E-state index is -0.318. The van der Waals surface area contributed by atoms with Gasteiger partial charge in [0, 0.05) is 31.2 Å². The molecule has 0 bridgehead atoms. The molecule has 2 amide bonds. The van der Waals surface area contributed by atoms with Gasteiger partial charge in [-0.3, -0.25) is 9.59 Å². The van der Waals surface area contributed by atoms with Gasteiger partial charge in [0.2, 0.25) is 0 Å².